The molecule has 6 nitrogen and oxygen atoms in total. The summed E-state index contributed by atoms with van der Waals surface area (Å²) in [7, 11) is 3.39. The zero-order valence-corrected chi connectivity index (χ0v) is 18.7. The van der Waals surface area contributed by atoms with Crippen LogP contribution in [0.15, 0.2) is 52.4 Å². The second-order valence-corrected chi connectivity index (χ2v) is 8.27. The molecule has 0 saturated heterocycles. The molecular weight excluding hydrogens is 398 g/mol. The lowest BCUT2D eigenvalue weighted by atomic mass is 10.1. The van der Waals surface area contributed by atoms with E-state index in [0.29, 0.717) is 35.8 Å². The molecule has 7 heteroatoms. The Hall–Kier alpha value is -2.64. The van der Waals surface area contributed by atoms with E-state index in [1.54, 1.807) is 29.7 Å². The summed E-state index contributed by atoms with van der Waals surface area (Å²) in [5.41, 5.74) is 4.03. The quantitative estimate of drug-likeness (QED) is 0.409. The molecule has 0 aliphatic rings. The molecule has 0 saturated carbocycles. The first-order chi connectivity index (χ1) is 14.4. The number of benzene rings is 2. The lowest BCUT2D eigenvalue weighted by Crippen LogP contribution is -2.29. The highest BCUT2D eigenvalue weighted by atomic mass is 32.2. The van der Waals surface area contributed by atoms with Crippen molar-refractivity contribution in [3.05, 3.63) is 69.5 Å². The maximum atomic E-state index is 12.9. The number of hydrogen-bond donors (Lipinski definition) is 0. The summed E-state index contributed by atoms with van der Waals surface area (Å²) in [6.07, 6.45) is 0. The number of carbonyl (C=O) groups excluding carboxylic acids is 1. The topological polar surface area (TPSA) is 64.4 Å². The van der Waals surface area contributed by atoms with Crippen LogP contribution in [0, 0.1) is 13.8 Å². The van der Waals surface area contributed by atoms with Gasteiger partial charge in [-0.2, -0.15) is 0 Å². The van der Waals surface area contributed by atoms with Crippen LogP contribution in [0.2, 0.25) is 0 Å². The van der Waals surface area contributed by atoms with Crippen LogP contribution in [-0.2, 0) is 22.6 Å². The van der Waals surface area contributed by atoms with Crippen molar-refractivity contribution >= 4 is 28.6 Å². The van der Waals surface area contributed by atoms with Crippen molar-refractivity contribution in [1.29, 1.82) is 0 Å². The first-order valence-corrected chi connectivity index (χ1v) is 10.8. The molecule has 1 heterocycles. The Kier molecular flexibility index (Phi) is 7.29. The van der Waals surface area contributed by atoms with Gasteiger partial charge in [-0.15, -0.1) is 0 Å². The summed E-state index contributed by atoms with van der Waals surface area (Å²) in [5, 5.41) is 1.10. The van der Waals surface area contributed by atoms with Gasteiger partial charge in [0.1, 0.15) is 0 Å². The third-order valence-corrected chi connectivity index (χ3v) is 5.96. The number of thioether (sulfide) groups is 1. The SMILES string of the molecule is COCCn1c(SCC(=O)N(C)Cc2ccc(C)cc2C)nc2ccccc2c1=O. The minimum absolute atomic E-state index is 0.0133. The molecule has 0 bridgehead atoms. The molecule has 158 valence electrons. The van der Waals surface area contributed by atoms with Gasteiger partial charge in [-0.25, -0.2) is 4.98 Å². The van der Waals surface area contributed by atoms with Crippen LogP contribution >= 0.6 is 11.8 Å². The van der Waals surface area contributed by atoms with E-state index in [1.165, 1.54) is 22.9 Å². The largest absolute Gasteiger partial charge is 0.383 e. The molecule has 1 aromatic heterocycles. The number of ether oxygens (including phenoxy) is 1. The van der Waals surface area contributed by atoms with Gasteiger partial charge in [-0.05, 0) is 37.1 Å². The highest BCUT2D eigenvalue weighted by Crippen LogP contribution is 2.19. The maximum Gasteiger partial charge on any atom is 0.262 e. The number of para-hydroxylation sites is 1. The van der Waals surface area contributed by atoms with E-state index < -0.39 is 0 Å². The van der Waals surface area contributed by atoms with Crippen molar-refractivity contribution in [3.8, 4) is 0 Å². The van der Waals surface area contributed by atoms with Gasteiger partial charge in [0.2, 0.25) is 5.91 Å². The number of amides is 1. The Morgan fingerprint density at radius 3 is 2.70 bits per heavy atom. The van der Waals surface area contributed by atoms with E-state index in [-0.39, 0.29) is 17.2 Å². The fourth-order valence-corrected chi connectivity index (χ4v) is 4.21. The van der Waals surface area contributed by atoms with Crippen molar-refractivity contribution in [2.75, 3.05) is 26.5 Å². The molecule has 0 aliphatic heterocycles. The summed E-state index contributed by atoms with van der Waals surface area (Å²) in [6, 6.07) is 13.5. The van der Waals surface area contributed by atoms with Crippen LogP contribution in [0.25, 0.3) is 10.9 Å². The van der Waals surface area contributed by atoms with Crippen LogP contribution in [-0.4, -0.2) is 46.9 Å². The van der Waals surface area contributed by atoms with Gasteiger partial charge in [0.15, 0.2) is 5.16 Å². The van der Waals surface area contributed by atoms with Crippen molar-refractivity contribution in [1.82, 2.24) is 14.5 Å². The summed E-state index contributed by atoms with van der Waals surface area (Å²) < 4.78 is 6.74. The van der Waals surface area contributed by atoms with Gasteiger partial charge >= 0.3 is 0 Å². The summed E-state index contributed by atoms with van der Waals surface area (Å²) in [4.78, 5) is 32.0. The van der Waals surface area contributed by atoms with Gasteiger partial charge in [-0.1, -0.05) is 47.7 Å². The number of carbonyl (C=O) groups is 1. The zero-order valence-electron chi connectivity index (χ0n) is 17.8. The fourth-order valence-electron chi connectivity index (χ4n) is 3.24. The average Bonchev–Trinajstić information content (AvgIpc) is 2.73. The number of methoxy groups -OCH3 is 1. The van der Waals surface area contributed by atoms with Gasteiger partial charge in [0.05, 0.1) is 29.8 Å². The first-order valence-electron chi connectivity index (χ1n) is 9.82. The minimum atomic E-state index is -0.115. The molecule has 0 spiro atoms. The third kappa shape index (κ3) is 5.09. The molecule has 3 rings (SSSR count). The molecule has 30 heavy (non-hydrogen) atoms. The number of rotatable bonds is 8. The van der Waals surface area contributed by atoms with Crippen LogP contribution < -0.4 is 5.56 Å². The minimum Gasteiger partial charge on any atom is -0.383 e. The average molecular weight is 426 g/mol. The van der Waals surface area contributed by atoms with E-state index in [2.05, 4.69) is 37.0 Å². The molecule has 0 atom stereocenters. The van der Waals surface area contributed by atoms with Crippen LogP contribution in [0.3, 0.4) is 0 Å². The number of fused-ring (bicyclic) bond motifs is 1. The van der Waals surface area contributed by atoms with Crippen LogP contribution in [0.5, 0.6) is 0 Å². The van der Waals surface area contributed by atoms with Gasteiger partial charge < -0.3 is 9.64 Å². The Labute approximate surface area is 180 Å². The summed E-state index contributed by atoms with van der Waals surface area (Å²) in [5.74, 6) is 0.194. The van der Waals surface area contributed by atoms with Crippen molar-refractivity contribution < 1.29 is 9.53 Å². The Bertz CT molecular complexity index is 1110. The van der Waals surface area contributed by atoms with E-state index in [4.69, 9.17) is 4.74 Å². The normalized spacial score (nSPS) is 11.1. The van der Waals surface area contributed by atoms with E-state index in [1.807, 2.05) is 18.2 Å². The molecule has 0 unspecified atom stereocenters. The lowest BCUT2D eigenvalue weighted by molar-refractivity contribution is -0.127. The highest BCUT2D eigenvalue weighted by molar-refractivity contribution is 7.99. The van der Waals surface area contributed by atoms with Gasteiger partial charge in [0, 0.05) is 20.7 Å². The monoisotopic (exact) mass is 425 g/mol. The van der Waals surface area contributed by atoms with E-state index in [0.717, 1.165) is 5.56 Å². The smallest absolute Gasteiger partial charge is 0.262 e. The fraction of sp³-hybridized carbons (Fsp3) is 0.348. The van der Waals surface area contributed by atoms with E-state index >= 15 is 0 Å². The predicted molar refractivity (Wildman–Crippen MR) is 121 cm³/mol. The molecule has 2 aromatic carbocycles. The molecule has 0 fully saturated rings. The molecular formula is C23H27N3O3S. The van der Waals surface area contributed by atoms with Crippen LogP contribution in [0.4, 0.5) is 0 Å². The molecule has 3 aromatic rings. The number of hydrogen-bond acceptors (Lipinski definition) is 5. The van der Waals surface area contributed by atoms with Crippen molar-refractivity contribution in [3.63, 3.8) is 0 Å². The summed E-state index contributed by atoms with van der Waals surface area (Å²) >= 11 is 1.29. The van der Waals surface area contributed by atoms with E-state index in [9.17, 15) is 9.59 Å². The maximum absolute atomic E-state index is 12.9. The van der Waals surface area contributed by atoms with Crippen LogP contribution in [0.1, 0.15) is 16.7 Å². The Morgan fingerprint density at radius 1 is 1.20 bits per heavy atom. The molecule has 0 aliphatic carbocycles. The Morgan fingerprint density at radius 2 is 1.97 bits per heavy atom. The lowest BCUT2D eigenvalue weighted by Gasteiger charge is -2.19. The Balaban J connectivity index is 1.76. The van der Waals surface area contributed by atoms with Gasteiger partial charge in [0.25, 0.3) is 5.56 Å². The first kappa shape index (κ1) is 22.1. The molecule has 1 amide bonds. The number of aromatic nitrogens is 2. The van der Waals surface area contributed by atoms with Crippen molar-refractivity contribution in [2.45, 2.75) is 32.1 Å². The zero-order chi connectivity index (χ0) is 21.7. The highest BCUT2D eigenvalue weighted by Gasteiger charge is 2.16. The number of aryl methyl sites for hydroxylation is 2. The molecule has 0 radical (unpaired) electrons. The number of nitrogens with zero attached hydrogens (tertiary/aromatic N) is 3. The summed E-state index contributed by atoms with van der Waals surface area (Å²) in [6.45, 7) is 5.45. The second kappa shape index (κ2) is 9.91. The molecule has 0 N–H and O–H groups in total. The third-order valence-electron chi connectivity index (χ3n) is 5.00. The van der Waals surface area contributed by atoms with Gasteiger partial charge in [-0.3, -0.25) is 14.2 Å². The standard InChI is InChI=1S/C23H27N3O3S/c1-16-9-10-18(17(2)13-16)14-25(3)21(27)15-30-23-24-20-8-6-5-7-19(20)22(28)26(23)11-12-29-4/h5-10,13H,11-12,14-15H2,1-4H3. The van der Waals surface area contributed by atoms with Crippen molar-refractivity contribution in [2.24, 2.45) is 0 Å². The second-order valence-electron chi connectivity index (χ2n) is 7.33. The predicted octanol–water partition coefficient (Wildman–Crippen LogP) is 3.41.